The predicted molar refractivity (Wildman–Crippen MR) is 89.5 cm³/mol. The standard InChI is InChI=1S/C18H25ClN2O/c19-17-8-4-3-7-16(17)18(22)21-13-9-15(10-14-21)20-11-5-1-2-6-12-20/h3-4,7-8,15H,1-2,5-6,9-14H2/p+1. The number of hydrogen-bond donors (Lipinski definition) is 1. The third-order valence-corrected chi connectivity index (χ3v) is 5.54. The minimum Gasteiger partial charge on any atom is -0.338 e. The Morgan fingerprint density at radius 3 is 2.32 bits per heavy atom. The first-order valence-corrected chi connectivity index (χ1v) is 9.02. The van der Waals surface area contributed by atoms with E-state index in [1.807, 2.05) is 23.1 Å². The van der Waals surface area contributed by atoms with Crippen molar-refractivity contribution in [2.45, 2.75) is 44.6 Å². The van der Waals surface area contributed by atoms with Crippen LogP contribution in [0.1, 0.15) is 48.9 Å². The number of halogens is 1. The molecule has 22 heavy (non-hydrogen) atoms. The van der Waals surface area contributed by atoms with E-state index in [2.05, 4.69) is 0 Å². The Balaban J connectivity index is 1.57. The van der Waals surface area contributed by atoms with E-state index in [9.17, 15) is 4.79 Å². The molecule has 0 spiro atoms. The van der Waals surface area contributed by atoms with E-state index < -0.39 is 0 Å². The van der Waals surface area contributed by atoms with Crippen molar-refractivity contribution in [3.8, 4) is 0 Å². The molecule has 2 aliphatic heterocycles. The Kier molecular flexibility index (Phi) is 5.37. The topological polar surface area (TPSA) is 24.8 Å². The first-order valence-electron chi connectivity index (χ1n) is 8.64. The van der Waals surface area contributed by atoms with Crippen LogP contribution in [0.2, 0.25) is 5.02 Å². The van der Waals surface area contributed by atoms with Crippen molar-refractivity contribution in [2.24, 2.45) is 0 Å². The van der Waals surface area contributed by atoms with E-state index in [1.54, 1.807) is 11.0 Å². The molecule has 2 aliphatic rings. The van der Waals surface area contributed by atoms with Crippen molar-refractivity contribution in [1.82, 2.24) is 4.90 Å². The lowest BCUT2D eigenvalue weighted by atomic mass is 10.0. The van der Waals surface area contributed by atoms with Gasteiger partial charge in [0.25, 0.3) is 5.91 Å². The Morgan fingerprint density at radius 1 is 1.05 bits per heavy atom. The van der Waals surface area contributed by atoms with E-state index in [4.69, 9.17) is 11.6 Å². The lowest BCUT2D eigenvalue weighted by Crippen LogP contribution is -3.16. The van der Waals surface area contributed by atoms with Crippen LogP contribution in [0.25, 0.3) is 0 Å². The molecular weight excluding hydrogens is 296 g/mol. The number of nitrogens with one attached hydrogen (secondary N) is 1. The summed E-state index contributed by atoms with van der Waals surface area (Å²) in [5.41, 5.74) is 0.643. The van der Waals surface area contributed by atoms with Gasteiger partial charge in [-0.05, 0) is 37.8 Å². The molecule has 2 fully saturated rings. The maximum Gasteiger partial charge on any atom is 0.255 e. The Morgan fingerprint density at radius 2 is 1.68 bits per heavy atom. The molecule has 0 bridgehead atoms. The van der Waals surface area contributed by atoms with Crippen LogP contribution in [0.5, 0.6) is 0 Å². The van der Waals surface area contributed by atoms with Crippen LogP contribution in [0.15, 0.2) is 24.3 Å². The minimum atomic E-state index is 0.0925. The molecule has 0 saturated carbocycles. The minimum absolute atomic E-state index is 0.0925. The summed E-state index contributed by atoms with van der Waals surface area (Å²) in [7, 11) is 0. The van der Waals surface area contributed by atoms with E-state index in [0.29, 0.717) is 10.6 Å². The Labute approximate surface area is 138 Å². The number of carbonyl (C=O) groups excluding carboxylic acids is 1. The van der Waals surface area contributed by atoms with Gasteiger partial charge in [0.2, 0.25) is 0 Å². The first-order chi connectivity index (χ1) is 10.8. The second-order valence-corrected chi connectivity index (χ2v) is 7.03. The van der Waals surface area contributed by atoms with Crippen LogP contribution in [0.4, 0.5) is 0 Å². The summed E-state index contributed by atoms with van der Waals surface area (Å²) in [6.07, 6.45) is 7.79. The van der Waals surface area contributed by atoms with Crippen LogP contribution in [0, 0.1) is 0 Å². The van der Waals surface area contributed by atoms with Crippen LogP contribution in [0.3, 0.4) is 0 Å². The van der Waals surface area contributed by atoms with E-state index in [-0.39, 0.29) is 5.91 Å². The molecule has 3 nitrogen and oxygen atoms in total. The molecule has 0 atom stereocenters. The third-order valence-electron chi connectivity index (χ3n) is 5.21. The van der Waals surface area contributed by atoms with E-state index in [0.717, 1.165) is 32.0 Å². The number of amides is 1. The normalized spacial score (nSPS) is 21.6. The average molecular weight is 322 g/mol. The van der Waals surface area contributed by atoms with Crippen LogP contribution >= 0.6 is 11.6 Å². The maximum atomic E-state index is 12.6. The molecule has 0 radical (unpaired) electrons. The molecule has 2 heterocycles. The van der Waals surface area contributed by atoms with Gasteiger partial charge in [-0.2, -0.15) is 0 Å². The number of hydrogen-bond acceptors (Lipinski definition) is 1. The highest BCUT2D eigenvalue weighted by atomic mass is 35.5. The SMILES string of the molecule is O=C(c1ccccc1Cl)N1CCC([NH+]2CCCCCC2)CC1. The van der Waals surface area contributed by atoms with Gasteiger partial charge in [0.05, 0.1) is 29.7 Å². The summed E-state index contributed by atoms with van der Waals surface area (Å²) in [6.45, 7) is 4.39. The second kappa shape index (κ2) is 7.47. The van der Waals surface area contributed by atoms with Crippen molar-refractivity contribution in [1.29, 1.82) is 0 Å². The Bertz CT molecular complexity index is 504. The zero-order chi connectivity index (χ0) is 15.4. The molecule has 1 aromatic rings. The van der Waals surface area contributed by atoms with E-state index in [1.165, 1.54) is 38.8 Å². The highest BCUT2D eigenvalue weighted by molar-refractivity contribution is 6.33. The first kappa shape index (κ1) is 15.8. The van der Waals surface area contributed by atoms with Gasteiger partial charge in [-0.1, -0.05) is 23.7 Å². The summed E-state index contributed by atoms with van der Waals surface area (Å²) in [5.74, 6) is 0.0925. The van der Waals surface area contributed by atoms with Crippen molar-refractivity contribution >= 4 is 17.5 Å². The molecular formula is C18H26ClN2O+. The number of piperidine rings is 1. The quantitative estimate of drug-likeness (QED) is 0.889. The fraction of sp³-hybridized carbons (Fsp3) is 0.611. The van der Waals surface area contributed by atoms with Crippen molar-refractivity contribution < 1.29 is 9.69 Å². The summed E-state index contributed by atoms with van der Waals surface area (Å²) in [6, 6.07) is 8.12. The molecule has 1 aromatic carbocycles. The van der Waals surface area contributed by atoms with Gasteiger partial charge in [-0.3, -0.25) is 4.79 Å². The molecule has 120 valence electrons. The molecule has 3 rings (SSSR count). The lowest BCUT2D eigenvalue weighted by molar-refractivity contribution is -0.926. The van der Waals surface area contributed by atoms with Gasteiger partial charge in [-0.15, -0.1) is 0 Å². The largest absolute Gasteiger partial charge is 0.338 e. The zero-order valence-corrected chi connectivity index (χ0v) is 13.9. The van der Waals surface area contributed by atoms with Gasteiger partial charge in [0.15, 0.2) is 0 Å². The fourth-order valence-electron chi connectivity index (χ4n) is 3.89. The summed E-state index contributed by atoms with van der Waals surface area (Å²) in [4.78, 5) is 16.4. The number of nitrogens with zero attached hydrogens (tertiary/aromatic N) is 1. The Hall–Kier alpha value is -1.06. The number of carbonyl (C=O) groups is 1. The van der Waals surface area contributed by atoms with Crippen LogP contribution in [-0.4, -0.2) is 43.0 Å². The maximum absolute atomic E-state index is 12.6. The van der Waals surface area contributed by atoms with Gasteiger partial charge in [0, 0.05) is 25.9 Å². The van der Waals surface area contributed by atoms with Gasteiger partial charge in [0.1, 0.15) is 0 Å². The second-order valence-electron chi connectivity index (χ2n) is 6.62. The molecule has 0 aromatic heterocycles. The number of benzene rings is 1. The van der Waals surface area contributed by atoms with Crippen molar-refractivity contribution in [3.05, 3.63) is 34.9 Å². The zero-order valence-electron chi connectivity index (χ0n) is 13.2. The van der Waals surface area contributed by atoms with Gasteiger partial charge >= 0.3 is 0 Å². The van der Waals surface area contributed by atoms with Crippen molar-refractivity contribution in [2.75, 3.05) is 26.2 Å². The average Bonchev–Trinajstić information content (AvgIpc) is 2.84. The summed E-state index contributed by atoms with van der Waals surface area (Å²) in [5, 5.41) is 0.563. The summed E-state index contributed by atoms with van der Waals surface area (Å²) >= 11 is 6.16. The number of likely N-dealkylation sites (tertiary alicyclic amines) is 2. The highest BCUT2D eigenvalue weighted by Crippen LogP contribution is 2.19. The molecule has 4 heteroatoms. The monoisotopic (exact) mass is 321 g/mol. The summed E-state index contributed by atoms with van der Waals surface area (Å²) < 4.78 is 0. The molecule has 0 unspecified atom stereocenters. The van der Waals surface area contributed by atoms with Crippen LogP contribution < -0.4 is 4.90 Å². The molecule has 1 amide bonds. The number of quaternary nitrogens is 1. The smallest absolute Gasteiger partial charge is 0.255 e. The van der Waals surface area contributed by atoms with Crippen LogP contribution in [-0.2, 0) is 0 Å². The highest BCUT2D eigenvalue weighted by Gasteiger charge is 2.30. The van der Waals surface area contributed by atoms with Gasteiger partial charge < -0.3 is 9.80 Å². The van der Waals surface area contributed by atoms with Gasteiger partial charge in [-0.25, -0.2) is 0 Å². The predicted octanol–water partition coefficient (Wildman–Crippen LogP) is 2.40. The lowest BCUT2D eigenvalue weighted by Gasteiger charge is -2.36. The molecule has 2 saturated heterocycles. The molecule has 0 aliphatic carbocycles. The fourth-order valence-corrected chi connectivity index (χ4v) is 4.10. The number of rotatable bonds is 2. The third kappa shape index (κ3) is 3.64. The molecule has 1 N–H and O–H groups in total. The van der Waals surface area contributed by atoms with E-state index >= 15 is 0 Å². The van der Waals surface area contributed by atoms with Crippen molar-refractivity contribution in [3.63, 3.8) is 0 Å².